The fraction of sp³-hybridized carbons (Fsp3) is 0.462. The van der Waals surface area contributed by atoms with Gasteiger partial charge in [-0.2, -0.15) is 0 Å². The highest BCUT2D eigenvalue weighted by atomic mass is 16.5. The molecule has 0 bridgehead atoms. The summed E-state index contributed by atoms with van der Waals surface area (Å²) >= 11 is 0. The third-order valence-corrected chi connectivity index (χ3v) is 2.52. The van der Waals surface area contributed by atoms with Gasteiger partial charge in [0.1, 0.15) is 6.61 Å². The van der Waals surface area contributed by atoms with Gasteiger partial charge in [-0.15, -0.1) is 0 Å². The van der Waals surface area contributed by atoms with E-state index in [2.05, 4.69) is 0 Å². The van der Waals surface area contributed by atoms with Crippen molar-refractivity contribution in [3.8, 4) is 0 Å². The van der Waals surface area contributed by atoms with E-state index in [0.717, 1.165) is 11.3 Å². The molecular formula is C13H20N2O2. The third-order valence-electron chi connectivity index (χ3n) is 2.52. The van der Waals surface area contributed by atoms with Crippen LogP contribution in [0, 0.1) is 0 Å². The van der Waals surface area contributed by atoms with Crippen LogP contribution in [0.2, 0.25) is 0 Å². The minimum Gasteiger partial charge on any atom is -0.399 e. The minimum absolute atomic E-state index is 0.0196. The van der Waals surface area contributed by atoms with Gasteiger partial charge in [0.15, 0.2) is 0 Å². The summed E-state index contributed by atoms with van der Waals surface area (Å²) in [6, 6.07) is 7.56. The Balaban J connectivity index is 2.57. The van der Waals surface area contributed by atoms with Crippen molar-refractivity contribution in [1.82, 2.24) is 4.90 Å². The number of nitrogens with zero attached hydrogens (tertiary/aromatic N) is 1. The molecule has 94 valence electrons. The number of benzene rings is 1. The number of carbonyl (C=O) groups is 1. The van der Waals surface area contributed by atoms with Crippen LogP contribution >= 0.6 is 0 Å². The maximum Gasteiger partial charge on any atom is 0.248 e. The van der Waals surface area contributed by atoms with Gasteiger partial charge in [0.25, 0.3) is 0 Å². The molecule has 4 heteroatoms. The summed E-state index contributed by atoms with van der Waals surface area (Å²) in [5.74, 6) is 0.0196. The number of nitrogen functional groups attached to an aromatic ring is 1. The fourth-order valence-corrected chi connectivity index (χ4v) is 1.50. The smallest absolute Gasteiger partial charge is 0.248 e. The first-order chi connectivity index (χ1) is 8.17. The van der Waals surface area contributed by atoms with Gasteiger partial charge in [-0.05, 0) is 31.5 Å². The van der Waals surface area contributed by atoms with E-state index >= 15 is 0 Å². The highest BCUT2D eigenvalue weighted by molar-refractivity contribution is 5.77. The molecule has 0 saturated heterocycles. The van der Waals surface area contributed by atoms with Crippen molar-refractivity contribution < 1.29 is 9.53 Å². The van der Waals surface area contributed by atoms with Crippen molar-refractivity contribution in [3.63, 3.8) is 0 Å². The first-order valence-corrected chi connectivity index (χ1v) is 5.87. The topological polar surface area (TPSA) is 55.6 Å². The molecule has 2 N–H and O–H groups in total. The van der Waals surface area contributed by atoms with Gasteiger partial charge in [-0.1, -0.05) is 12.1 Å². The second kappa shape index (κ2) is 6.91. The Morgan fingerprint density at radius 2 is 1.94 bits per heavy atom. The van der Waals surface area contributed by atoms with Crippen molar-refractivity contribution >= 4 is 11.6 Å². The van der Waals surface area contributed by atoms with Crippen LogP contribution in [0.15, 0.2) is 24.3 Å². The van der Waals surface area contributed by atoms with Crippen molar-refractivity contribution in [3.05, 3.63) is 29.8 Å². The Kier molecular flexibility index (Phi) is 5.49. The molecule has 0 fully saturated rings. The molecule has 0 spiro atoms. The number of anilines is 1. The number of amides is 1. The summed E-state index contributed by atoms with van der Waals surface area (Å²) in [6.07, 6.45) is 0. The Labute approximate surface area is 102 Å². The number of hydrogen-bond donors (Lipinski definition) is 1. The Morgan fingerprint density at radius 3 is 2.47 bits per heavy atom. The van der Waals surface area contributed by atoms with Gasteiger partial charge < -0.3 is 15.4 Å². The van der Waals surface area contributed by atoms with Crippen molar-refractivity contribution in [2.45, 2.75) is 20.4 Å². The molecule has 0 aliphatic rings. The predicted molar refractivity (Wildman–Crippen MR) is 68.4 cm³/mol. The van der Waals surface area contributed by atoms with E-state index in [0.29, 0.717) is 19.7 Å². The van der Waals surface area contributed by atoms with Crippen LogP contribution in [0.25, 0.3) is 0 Å². The predicted octanol–water partition coefficient (Wildman–Crippen LogP) is 1.65. The van der Waals surface area contributed by atoms with Gasteiger partial charge in [0, 0.05) is 25.4 Å². The summed E-state index contributed by atoms with van der Waals surface area (Å²) in [5, 5.41) is 0. The lowest BCUT2D eigenvalue weighted by Crippen LogP contribution is -2.33. The van der Waals surface area contributed by atoms with Gasteiger partial charge in [0.05, 0.1) is 0 Å². The molecule has 0 saturated carbocycles. The number of ether oxygens (including phenoxy) is 1. The summed E-state index contributed by atoms with van der Waals surface area (Å²) < 4.78 is 5.12. The van der Waals surface area contributed by atoms with E-state index in [1.165, 1.54) is 0 Å². The maximum atomic E-state index is 11.8. The molecule has 0 aliphatic heterocycles. The zero-order valence-corrected chi connectivity index (χ0v) is 10.5. The molecule has 17 heavy (non-hydrogen) atoms. The number of likely N-dealkylation sites (N-methyl/N-ethyl adjacent to an activating group) is 1. The zero-order chi connectivity index (χ0) is 12.7. The minimum atomic E-state index is 0.0196. The first-order valence-electron chi connectivity index (χ1n) is 5.87. The fourth-order valence-electron chi connectivity index (χ4n) is 1.50. The molecule has 0 aromatic heterocycles. The Morgan fingerprint density at radius 1 is 1.29 bits per heavy atom. The summed E-state index contributed by atoms with van der Waals surface area (Å²) in [4.78, 5) is 13.5. The molecule has 4 nitrogen and oxygen atoms in total. The van der Waals surface area contributed by atoms with E-state index in [-0.39, 0.29) is 12.5 Å². The normalized spacial score (nSPS) is 10.2. The molecule has 1 aromatic carbocycles. The highest BCUT2D eigenvalue weighted by Gasteiger charge is 2.11. The van der Waals surface area contributed by atoms with Crippen LogP contribution in [0.3, 0.4) is 0 Å². The lowest BCUT2D eigenvalue weighted by atomic mass is 10.2. The van der Waals surface area contributed by atoms with Crippen molar-refractivity contribution in [1.29, 1.82) is 0 Å². The molecule has 0 atom stereocenters. The van der Waals surface area contributed by atoms with Crippen LogP contribution < -0.4 is 5.73 Å². The largest absolute Gasteiger partial charge is 0.399 e. The standard InChI is InChI=1S/C13H20N2O2/c1-3-15(13(16)10-17-4-2)9-11-5-7-12(14)8-6-11/h5-8H,3-4,9-10,14H2,1-2H3. The van der Waals surface area contributed by atoms with E-state index in [9.17, 15) is 4.79 Å². The van der Waals surface area contributed by atoms with Crippen molar-refractivity contribution in [2.75, 3.05) is 25.5 Å². The lowest BCUT2D eigenvalue weighted by Gasteiger charge is -2.20. The van der Waals surface area contributed by atoms with Crippen LogP contribution in [-0.2, 0) is 16.1 Å². The molecule has 1 aromatic rings. The molecule has 0 aliphatic carbocycles. The van der Waals surface area contributed by atoms with Crippen molar-refractivity contribution in [2.24, 2.45) is 0 Å². The molecule has 0 unspecified atom stereocenters. The summed E-state index contributed by atoms with van der Waals surface area (Å²) in [6.45, 7) is 5.83. The first kappa shape index (κ1) is 13.5. The number of nitrogens with two attached hydrogens (primary N) is 1. The molecule has 1 rings (SSSR count). The van der Waals surface area contributed by atoms with Gasteiger partial charge in [-0.25, -0.2) is 0 Å². The Bertz CT molecular complexity index is 349. The summed E-state index contributed by atoms with van der Waals surface area (Å²) in [7, 11) is 0. The van der Waals surface area contributed by atoms with Crippen LogP contribution in [0.5, 0.6) is 0 Å². The van der Waals surface area contributed by atoms with Gasteiger partial charge in [-0.3, -0.25) is 4.79 Å². The molecule has 1 amide bonds. The second-order valence-electron chi connectivity index (χ2n) is 3.79. The third kappa shape index (κ3) is 4.44. The highest BCUT2D eigenvalue weighted by Crippen LogP contribution is 2.08. The number of hydrogen-bond acceptors (Lipinski definition) is 3. The van der Waals surface area contributed by atoms with E-state index < -0.39 is 0 Å². The Hall–Kier alpha value is -1.55. The summed E-state index contributed by atoms with van der Waals surface area (Å²) in [5.41, 5.74) is 7.42. The van der Waals surface area contributed by atoms with E-state index in [4.69, 9.17) is 10.5 Å². The zero-order valence-electron chi connectivity index (χ0n) is 10.5. The average molecular weight is 236 g/mol. The molecule has 0 radical (unpaired) electrons. The van der Waals surface area contributed by atoms with Crippen LogP contribution in [0.1, 0.15) is 19.4 Å². The van der Waals surface area contributed by atoms with Crippen LogP contribution in [0.4, 0.5) is 5.69 Å². The maximum absolute atomic E-state index is 11.8. The quantitative estimate of drug-likeness (QED) is 0.764. The second-order valence-corrected chi connectivity index (χ2v) is 3.79. The SMILES string of the molecule is CCOCC(=O)N(CC)Cc1ccc(N)cc1. The lowest BCUT2D eigenvalue weighted by molar-refractivity contribution is -0.136. The van der Waals surface area contributed by atoms with Crippen LogP contribution in [-0.4, -0.2) is 30.6 Å². The molecular weight excluding hydrogens is 216 g/mol. The number of rotatable bonds is 6. The van der Waals surface area contributed by atoms with Gasteiger partial charge in [0.2, 0.25) is 5.91 Å². The van der Waals surface area contributed by atoms with Gasteiger partial charge >= 0.3 is 0 Å². The monoisotopic (exact) mass is 236 g/mol. The van der Waals surface area contributed by atoms with E-state index in [1.807, 2.05) is 38.1 Å². The average Bonchev–Trinajstić information content (AvgIpc) is 2.35. The molecule has 0 heterocycles. The number of carbonyl (C=O) groups excluding carboxylic acids is 1. The van der Waals surface area contributed by atoms with E-state index in [1.54, 1.807) is 4.90 Å².